The first kappa shape index (κ1) is 10.6. The summed E-state index contributed by atoms with van der Waals surface area (Å²) in [6.45, 7) is 1.73. The molecule has 0 aromatic rings. The first-order valence-electron chi connectivity index (χ1n) is 3.60. The minimum atomic E-state index is -0.494. The van der Waals surface area contributed by atoms with Gasteiger partial charge in [-0.3, -0.25) is 9.59 Å². The van der Waals surface area contributed by atoms with Gasteiger partial charge in [0.2, 0.25) is 5.78 Å². The fourth-order valence-corrected chi connectivity index (χ4v) is 0.802. The second kappa shape index (κ2) is 5.30. The number of rotatable bonds is 4. The highest BCUT2D eigenvalue weighted by Gasteiger charge is 2.12. The van der Waals surface area contributed by atoms with E-state index < -0.39 is 5.78 Å². The van der Waals surface area contributed by atoms with Gasteiger partial charge in [0.1, 0.15) is 6.07 Å². The monoisotopic (exact) mass is 169 g/mol. The van der Waals surface area contributed by atoms with Crippen molar-refractivity contribution >= 4 is 11.8 Å². The van der Waals surface area contributed by atoms with Crippen LogP contribution in [-0.4, -0.2) is 18.9 Å². The van der Waals surface area contributed by atoms with Gasteiger partial charge in [0.25, 0.3) is 0 Å². The van der Waals surface area contributed by atoms with Gasteiger partial charge in [-0.2, -0.15) is 5.26 Å². The lowest BCUT2D eigenvalue weighted by Gasteiger charge is -2.05. The van der Waals surface area contributed by atoms with E-state index in [1.165, 1.54) is 13.2 Å². The molecule has 0 spiro atoms. The molecule has 0 N–H and O–H groups in total. The number of ether oxygens (including phenoxy) is 1. The van der Waals surface area contributed by atoms with Gasteiger partial charge in [-0.1, -0.05) is 6.92 Å². The molecule has 0 radical (unpaired) electrons. The van der Waals surface area contributed by atoms with E-state index in [1.54, 1.807) is 6.92 Å². The maximum Gasteiger partial charge on any atom is 0.305 e. The third-order valence-electron chi connectivity index (χ3n) is 1.40. The maximum absolute atomic E-state index is 10.7. The average molecular weight is 169 g/mol. The Balaban J connectivity index is 3.75. The van der Waals surface area contributed by atoms with Crippen molar-refractivity contribution in [2.45, 2.75) is 19.8 Å². The average Bonchev–Trinajstić information content (AvgIpc) is 2.03. The minimum absolute atomic E-state index is 0.117. The molecule has 0 saturated heterocycles. The molecule has 12 heavy (non-hydrogen) atoms. The first-order valence-corrected chi connectivity index (χ1v) is 3.60. The Morgan fingerprint density at radius 1 is 1.50 bits per heavy atom. The highest BCUT2D eigenvalue weighted by molar-refractivity contribution is 5.93. The van der Waals surface area contributed by atoms with Crippen LogP contribution in [0, 0.1) is 17.2 Å². The molecule has 0 fully saturated rings. The van der Waals surface area contributed by atoms with Crippen molar-refractivity contribution in [3.05, 3.63) is 0 Å². The summed E-state index contributed by atoms with van der Waals surface area (Å²) in [4.78, 5) is 21.3. The van der Waals surface area contributed by atoms with E-state index >= 15 is 0 Å². The highest BCUT2D eigenvalue weighted by Crippen LogP contribution is 2.08. The molecule has 66 valence electrons. The summed E-state index contributed by atoms with van der Waals surface area (Å²) in [5.74, 6) is -0.968. The van der Waals surface area contributed by atoms with Gasteiger partial charge >= 0.3 is 5.97 Å². The largest absolute Gasteiger partial charge is 0.469 e. The number of esters is 1. The Kier molecular flexibility index (Phi) is 4.70. The minimum Gasteiger partial charge on any atom is -0.469 e. The van der Waals surface area contributed by atoms with Gasteiger partial charge in [0, 0.05) is 12.8 Å². The lowest BCUT2D eigenvalue weighted by Crippen LogP contribution is -2.10. The molecule has 0 aliphatic rings. The van der Waals surface area contributed by atoms with Crippen LogP contribution in [0.15, 0.2) is 0 Å². The van der Waals surface area contributed by atoms with E-state index in [0.29, 0.717) is 0 Å². The third-order valence-corrected chi connectivity index (χ3v) is 1.40. The quantitative estimate of drug-likeness (QED) is 0.458. The Morgan fingerprint density at radius 3 is 2.50 bits per heavy atom. The summed E-state index contributed by atoms with van der Waals surface area (Å²) in [6, 6.07) is 1.50. The second-order valence-corrected chi connectivity index (χ2v) is 2.62. The number of ketones is 1. The summed E-state index contributed by atoms with van der Waals surface area (Å²) in [5.41, 5.74) is 0. The van der Waals surface area contributed by atoms with Gasteiger partial charge in [0.05, 0.1) is 7.11 Å². The van der Waals surface area contributed by atoms with Crippen molar-refractivity contribution < 1.29 is 14.3 Å². The van der Waals surface area contributed by atoms with Crippen molar-refractivity contribution in [2.24, 2.45) is 5.92 Å². The molecule has 0 aliphatic carbocycles. The van der Waals surface area contributed by atoms with E-state index in [0.717, 1.165) is 0 Å². The number of carbonyl (C=O) groups excluding carboxylic acids is 2. The van der Waals surface area contributed by atoms with Crippen LogP contribution in [0.1, 0.15) is 19.8 Å². The summed E-state index contributed by atoms with van der Waals surface area (Å²) >= 11 is 0. The first-order chi connectivity index (χ1) is 5.60. The van der Waals surface area contributed by atoms with Gasteiger partial charge in [-0.05, 0) is 5.92 Å². The molecule has 0 aromatic heterocycles. The molecular weight excluding hydrogens is 158 g/mol. The molecule has 0 aliphatic heterocycles. The van der Waals surface area contributed by atoms with Crippen LogP contribution in [0.4, 0.5) is 0 Å². The van der Waals surface area contributed by atoms with Crippen LogP contribution in [0.3, 0.4) is 0 Å². The van der Waals surface area contributed by atoms with E-state index in [9.17, 15) is 9.59 Å². The van der Waals surface area contributed by atoms with Gasteiger partial charge < -0.3 is 4.74 Å². The zero-order valence-corrected chi connectivity index (χ0v) is 7.16. The normalized spacial score (nSPS) is 11.4. The van der Waals surface area contributed by atoms with E-state index in [-0.39, 0.29) is 24.7 Å². The number of carbonyl (C=O) groups is 2. The highest BCUT2D eigenvalue weighted by atomic mass is 16.5. The van der Waals surface area contributed by atoms with Crippen LogP contribution >= 0.6 is 0 Å². The molecular formula is C8H11NO3. The Morgan fingerprint density at radius 2 is 2.08 bits per heavy atom. The molecule has 4 nitrogen and oxygen atoms in total. The Labute approximate surface area is 71.1 Å². The van der Waals surface area contributed by atoms with Crippen LogP contribution in [-0.2, 0) is 14.3 Å². The molecule has 0 aromatic carbocycles. The molecule has 4 heteroatoms. The summed E-state index contributed by atoms with van der Waals surface area (Å²) in [5, 5.41) is 8.16. The number of Topliss-reactive ketones (excluding diaryl/α,β-unsaturated/α-hetero) is 1. The fourth-order valence-electron chi connectivity index (χ4n) is 0.802. The smallest absolute Gasteiger partial charge is 0.305 e. The second-order valence-electron chi connectivity index (χ2n) is 2.62. The molecule has 0 rings (SSSR count). The molecule has 0 saturated carbocycles. The molecule has 1 unspecified atom stereocenters. The van der Waals surface area contributed by atoms with Gasteiger partial charge in [0.15, 0.2) is 0 Å². The van der Waals surface area contributed by atoms with Gasteiger partial charge in [-0.25, -0.2) is 0 Å². The van der Waals surface area contributed by atoms with E-state index in [1.807, 2.05) is 0 Å². The number of methoxy groups -OCH3 is 1. The maximum atomic E-state index is 10.7. The summed E-state index contributed by atoms with van der Waals surface area (Å²) in [6.07, 6.45) is 0.301. The standard InChI is InChI=1S/C8H11NO3/c1-6(3-7(10)5-9)4-8(11)12-2/h6H,3-4H2,1-2H3. The van der Waals surface area contributed by atoms with E-state index in [4.69, 9.17) is 5.26 Å². The number of hydrogen-bond donors (Lipinski definition) is 0. The van der Waals surface area contributed by atoms with Crippen molar-refractivity contribution in [2.75, 3.05) is 7.11 Å². The lowest BCUT2D eigenvalue weighted by atomic mass is 10.0. The predicted molar refractivity (Wildman–Crippen MR) is 41.0 cm³/mol. The molecule has 0 bridgehead atoms. The summed E-state index contributed by atoms with van der Waals surface area (Å²) < 4.78 is 4.40. The van der Waals surface area contributed by atoms with Crippen LogP contribution in [0.2, 0.25) is 0 Å². The molecule has 0 heterocycles. The number of nitriles is 1. The van der Waals surface area contributed by atoms with Crippen molar-refractivity contribution in [3.8, 4) is 6.07 Å². The Bertz CT molecular complexity index is 217. The van der Waals surface area contributed by atoms with Crippen molar-refractivity contribution in [3.63, 3.8) is 0 Å². The number of nitrogens with zero attached hydrogens (tertiary/aromatic N) is 1. The number of hydrogen-bond acceptors (Lipinski definition) is 4. The summed E-state index contributed by atoms with van der Waals surface area (Å²) in [7, 11) is 1.29. The third kappa shape index (κ3) is 4.45. The zero-order chi connectivity index (χ0) is 9.56. The van der Waals surface area contributed by atoms with E-state index in [2.05, 4.69) is 4.74 Å². The molecule has 1 atom stereocenters. The molecule has 0 amide bonds. The van der Waals surface area contributed by atoms with Crippen LogP contribution < -0.4 is 0 Å². The van der Waals surface area contributed by atoms with Crippen LogP contribution in [0.25, 0.3) is 0 Å². The van der Waals surface area contributed by atoms with Gasteiger partial charge in [-0.15, -0.1) is 0 Å². The predicted octanol–water partition coefficient (Wildman–Crippen LogP) is 0.668. The topological polar surface area (TPSA) is 67.2 Å². The zero-order valence-electron chi connectivity index (χ0n) is 7.16. The SMILES string of the molecule is COC(=O)CC(C)CC(=O)C#N. The fraction of sp³-hybridized carbons (Fsp3) is 0.625. The van der Waals surface area contributed by atoms with Crippen molar-refractivity contribution in [1.29, 1.82) is 5.26 Å². The van der Waals surface area contributed by atoms with Crippen LogP contribution in [0.5, 0.6) is 0 Å². The Hall–Kier alpha value is -1.37. The van der Waals surface area contributed by atoms with Crippen molar-refractivity contribution in [1.82, 2.24) is 0 Å². The lowest BCUT2D eigenvalue weighted by molar-refractivity contribution is -0.141.